The molecule has 0 spiro atoms. The van der Waals surface area contributed by atoms with Crippen LogP contribution < -0.4 is 4.74 Å². The maximum atomic E-state index is 13.9. The molecule has 1 aliphatic rings. The van der Waals surface area contributed by atoms with Crippen molar-refractivity contribution < 1.29 is 36.0 Å². The number of aryl methyl sites for hydroxylation is 1. The second-order valence-electron chi connectivity index (χ2n) is 10.6. The van der Waals surface area contributed by atoms with Gasteiger partial charge in [-0.15, -0.1) is 0 Å². The van der Waals surface area contributed by atoms with Crippen molar-refractivity contribution in [2.24, 2.45) is 5.41 Å². The molecule has 0 amide bonds. The first-order chi connectivity index (χ1) is 18.1. The number of ether oxygens (including phenoxy) is 3. The number of rotatable bonds is 8. The van der Waals surface area contributed by atoms with Gasteiger partial charge in [-0.2, -0.15) is 17.2 Å². The highest BCUT2D eigenvalue weighted by molar-refractivity contribution is 7.97. The minimum absolute atomic E-state index is 0.0483. The third kappa shape index (κ3) is 6.47. The van der Waals surface area contributed by atoms with Gasteiger partial charge in [0.15, 0.2) is 26.6 Å². The van der Waals surface area contributed by atoms with Gasteiger partial charge in [-0.25, -0.2) is 0 Å². The second kappa shape index (κ2) is 10.8. The maximum absolute atomic E-state index is 13.9. The normalized spacial score (nSPS) is 18.8. The molecule has 3 aromatic carbocycles. The predicted molar refractivity (Wildman–Crippen MR) is 146 cm³/mol. The number of hydrogen-bond acceptors (Lipinski definition) is 5. The summed E-state index contributed by atoms with van der Waals surface area (Å²) in [7, 11) is -6.15. The van der Waals surface area contributed by atoms with Crippen LogP contribution in [0.3, 0.4) is 0 Å². The van der Waals surface area contributed by atoms with Gasteiger partial charge in [0.05, 0.1) is 24.1 Å². The van der Waals surface area contributed by atoms with Crippen LogP contribution in [0.2, 0.25) is 0 Å². The molecule has 2 unspecified atom stereocenters. The monoisotopic (exact) mass is 579 g/mol. The van der Waals surface area contributed by atoms with Gasteiger partial charge in [-0.05, 0) is 81.4 Å². The highest BCUT2D eigenvalue weighted by Gasteiger charge is 2.51. The van der Waals surface area contributed by atoms with E-state index in [1.54, 1.807) is 12.1 Å². The minimum Gasteiger partial charge on any atom is -0.483 e. The number of hydrogen-bond donors (Lipinski definition) is 1. The van der Waals surface area contributed by atoms with Gasteiger partial charge in [-0.3, -0.25) is 4.55 Å². The Morgan fingerprint density at radius 2 is 1.31 bits per heavy atom. The molecule has 1 aliphatic heterocycles. The molecule has 10 heteroatoms. The Bertz CT molecular complexity index is 1380. The van der Waals surface area contributed by atoms with Crippen LogP contribution in [0, 0.1) is 12.3 Å². The Balaban J connectivity index is 1.62. The average molecular weight is 580 g/mol. The van der Waals surface area contributed by atoms with Crippen molar-refractivity contribution in [3.05, 3.63) is 83.9 Å². The van der Waals surface area contributed by atoms with E-state index in [1.807, 2.05) is 50.2 Å². The van der Waals surface area contributed by atoms with Crippen molar-refractivity contribution >= 4 is 21.0 Å². The predicted octanol–water partition coefficient (Wildman–Crippen LogP) is 6.58. The zero-order chi connectivity index (χ0) is 28.6. The van der Waals surface area contributed by atoms with Crippen LogP contribution in [0.5, 0.6) is 5.75 Å². The van der Waals surface area contributed by atoms with E-state index in [9.17, 15) is 17.2 Å². The van der Waals surface area contributed by atoms with E-state index in [1.165, 1.54) is 12.1 Å². The van der Waals surface area contributed by atoms with Gasteiger partial charge < -0.3 is 14.2 Å². The van der Waals surface area contributed by atoms with E-state index < -0.39 is 38.2 Å². The van der Waals surface area contributed by atoms with Crippen molar-refractivity contribution in [2.45, 2.75) is 66.5 Å². The van der Waals surface area contributed by atoms with Gasteiger partial charge in [0.2, 0.25) is 0 Å². The molecule has 1 fully saturated rings. The summed E-state index contributed by atoms with van der Waals surface area (Å²) in [6.07, 6.45) is -2.09. The fraction of sp³-hybridized carbons (Fsp3) is 0.379. The van der Waals surface area contributed by atoms with E-state index in [-0.39, 0.29) is 11.2 Å². The van der Waals surface area contributed by atoms with Crippen LogP contribution in [-0.2, 0) is 36.3 Å². The summed E-state index contributed by atoms with van der Waals surface area (Å²) in [6, 6.07) is 22.8. The molecule has 4 rings (SSSR count). The highest BCUT2D eigenvalue weighted by atomic mass is 32.2. The van der Waals surface area contributed by atoms with Crippen LogP contribution >= 0.6 is 0 Å². The molecule has 1 saturated heterocycles. The number of benzene rings is 3. The SMILES string of the molecule is Cc1ccc([S+](c2ccc(OC(C)C(F)(F)S(=O)(=O)O)cc2)c2ccc(C3(C)OCC(C)(C)CO3)cc2)cc1. The van der Waals surface area contributed by atoms with E-state index in [2.05, 4.69) is 26.0 Å². The van der Waals surface area contributed by atoms with Crippen molar-refractivity contribution in [1.82, 2.24) is 0 Å². The van der Waals surface area contributed by atoms with E-state index in [4.69, 9.17) is 18.8 Å². The molecular formula is C29H33F2O6S2+. The van der Waals surface area contributed by atoms with Crippen LogP contribution in [0.25, 0.3) is 0 Å². The Labute approximate surface area is 231 Å². The van der Waals surface area contributed by atoms with Gasteiger partial charge in [-0.1, -0.05) is 31.5 Å². The quantitative estimate of drug-likeness (QED) is 0.240. The third-order valence-electron chi connectivity index (χ3n) is 6.54. The lowest BCUT2D eigenvalue weighted by atomic mass is 9.94. The summed E-state index contributed by atoms with van der Waals surface area (Å²) in [5.41, 5.74) is 1.98. The van der Waals surface area contributed by atoms with Crippen molar-refractivity contribution in [3.8, 4) is 5.75 Å². The highest BCUT2D eigenvalue weighted by Crippen LogP contribution is 2.38. The summed E-state index contributed by atoms with van der Waals surface area (Å²) in [5, 5.41) is -4.45. The summed E-state index contributed by atoms with van der Waals surface area (Å²) < 4.78 is 76.2. The molecule has 1 N–H and O–H groups in total. The summed E-state index contributed by atoms with van der Waals surface area (Å²) in [6.45, 7) is 10.2. The molecule has 0 radical (unpaired) electrons. The average Bonchev–Trinajstić information content (AvgIpc) is 2.88. The maximum Gasteiger partial charge on any atom is 0.405 e. The lowest BCUT2D eigenvalue weighted by Crippen LogP contribution is -2.43. The summed E-state index contributed by atoms with van der Waals surface area (Å²) >= 11 is 0. The van der Waals surface area contributed by atoms with Gasteiger partial charge >= 0.3 is 15.4 Å². The number of alkyl halides is 2. The van der Waals surface area contributed by atoms with Gasteiger partial charge in [0.25, 0.3) is 0 Å². The number of halogens is 2. The van der Waals surface area contributed by atoms with Crippen molar-refractivity contribution in [1.29, 1.82) is 0 Å². The molecule has 0 aromatic heterocycles. The first-order valence-corrected chi connectivity index (χ1v) is 15.1. The molecule has 0 saturated carbocycles. The van der Waals surface area contributed by atoms with E-state index in [0.717, 1.165) is 32.7 Å². The molecule has 0 bridgehead atoms. The summed E-state index contributed by atoms with van der Waals surface area (Å²) in [5.74, 6) is -0.782. The molecule has 6 nitrogen and oxygen atoms in total. The molecule has 0 aliphatic carbocycles. The molecule has 3 aromatic rings. The van der Waals surface area contributed by atoms with Gasteiger partial charge in [0.1, 0.15) is 5.75 Å². The fourth-order valence-corrected chi connectivity index (χ4v) is 6.54. The second-order valence-corrected chi connectivity index (χ2v) is 14.1. The topological polar surface area (TPSA) is 82.1 Å². The van der Waals surface area contributed by atoms with Crippen LogP contribution in [0.4, 0.5) is 8.78 Å². The third-order valence-corrected chi connectivity index (χ3v) is 9.79. The van der Waals surface area contributed by atoms with E-state index >= 15 is 0 Å². The fourth-order valence-electron chi connectivity index (χ4n) is 4.03. The van der Waals surface area contributed by atoms with Gasteiger partial charge in [0, 0.05) is 11.0 Å². The lowest BCUT2D eigenvalue weighted by Gasteiger charge is -2.41. The molecule has 2 atom stereocenters. The van der Waals surface area contributed by atoms with Crippen LogP contribution in [0.15, 0.2) is 87.5 Å². The first kappa shape index (κ1) is 29.5. The molecule has 39 heavy (non-hydrogen) atoms. The Hall–Kier alpha value is -2.50. The van der Waals surface area contributed by atoms with Crippen molar-refractivity contribution in [2.75, 3.05) is 13.2 Å². The largest absolute Gasteiger partial charge is 0.483 e. The standard InChI is InChI=1S/C29H32F2O6S2/c1-20-6-12-24(13-7-20)38(25-14-8-22(9-15-25)28(5)35-18-27(3,4)19-36-28)26-16-10-23(11-17-26)37-21(2)29(30,31)39(32,33)34/h6-17,21H,18-19H2,1-5H3/p+1. The van der Waals surface area contributed by atoms with Crippen molar-refractivity contribution in [3.63, 3.8) is 0 Å². The Morgan fingerprint density at radius 1 is 0.872 bits per heavy atom. The Morgan fingerprint density at radius 3 is 1.77 bits per heavy atom. The minimum atomic E-state index is -5.62. The molecule has 1 heterocycles. The summed E-state index contributed by atoms with van der Waals surface area (Å²) in [4.78, 5) is 3.00. The molecule has 210 valence electrons. The lowest BCUT2D eigenvalue weighted by molar-refractivity contribution is -0.298. The van der Waals surface area contributed by atoms with Crippen LogP contribution in [-0.4, -0.2) is 37.5 Å². The smallest absolute Gasteiger partial charge is 0.405 e. The van der Waals surface area contributed by atoms with Crippen LogP contribution in [0.1, 0.15) is 38.8 Å². The van der Waals surface area contributed by atoms with E-state index in [0.29, 0.717) is 13.2 Å². The zero-order valence-corrected chi connectivity index (χ0v) is 24.1. The Kier molecular flexibility index (Phi) is 8.18. The first-order valence-electron chi connectivity index (χ1n) is 12.4. The zero-order valence-electron chi connectivity index (χ0n) is 22.5. The molecular weight excluding hydrogens is 546 g/mol.